The average Bonchev–Trinajstić information content (AvgIpc) is 2.50. The van der Waals surface area contributed by atoms with Crippen LogP contribution in [0.25, 0.3) is 0 Å². The lowest BCUT2D eigenvalue weighted by Crippen LogP contribution is -2.65. The van der Waals surface area contributed by atoms with E-state index in [1.165, 1.54) is 19.3 Å². The highest BCUT2D eigenvalue weighted by molar-refractivity contribution is 5.85. The van der Waals surface area contributed by atoms with Gasteiger partial charge in [-0.15, -0.1) is 0 Å². The number of carbonyl (C=O) groups is 2. The van der Waals surface area contributed by atoms with E-state index in [1.54, 1.807) is 0 Å². The van der Waals surface area contributed by atoms with Crippen molar-refractivity contribution in [3.8, 4) is 0 Å². The van der Waals surface area contributed by atoms with Gasteiger partial charge in [0.25, 0.3) is 0 Å². The predicted molar refractivity (Wildman–Crippen MR) is 86.0 cm³/mol. The first-order chi connectivity index (χ1) is 11.0. The second-order valence-electron chi connectivity index (χ2n) is 7.71. The van der Waals surface area contributed by atoms with Crippen molar-refractivity contribution in [3.05, 3.63) is 0 Å². The van der Waals surface area contributed by atoms with Gasteiger partial charge in [-0.2, -0.15) is 0 Å². The van der Waals surface area contributed by atoms with Gasteiger partial charge >= 0.3 is 5.97 Å². The number of amides is 1. The maximum atomic E-state index is 12.4. The second kappa shape index (κ2) is 6.42. The number of carboxylic acids is 1. The van der Waals surface area contributed by atoms with E-state index >= 15 is 0 Å². The van der Waals surface area contributed by atoms with Gasteiger partial charge < -0.3 is 15.2 Å². The Bertz CT molecular complexity index is 466. The molecule has 3 aliphatic carbocycles. The van der Waals surface area contributed by atoms with Crippen molar-refractivity contribution in [2.45, 2.75) is 83.3 Å². The third kappa shape index (κ3) is 2.88. The Morgan fingerprint density at radius 3 is 2.35 bits per heavy atom. The molecule has 1 amide bonds. The van der Waals surface area contributed by atoms with Gasteiger partial charge in [0.1, 0.15) is 0 Å². The minimum Gasteiger partial charge on any atom is -0.481 e. The molecule has 0 aromatic heterocycles. The van der Waals surface area contributed by atoms with Crippen molar-refractivity contribution in [1.82, 2.24) is 5.32 Å². The van der Waals surface area contributed by atoms with Crippen LogP contribution in [0.2, 0.25) is 0 Å². The molecule has 0 aliphatic heterocycles. The smallest absolute Gasteiger partial charge is 0.310 e. The van der Waals surface area contributed by atoms with Gasteiger partial charge in [0.15, 0.2) is 0 Å². The largest absolute Gasteiger partial charge is 0.481 e. The van der Waals surface area contributed by atoms with Crippen LogP contribution < -0.4 is 5.32 Å². The molecule has 5 heteroatoms. The number of nitrogens with one attached hydrogen (secondary N) is 1. The van der Waals surface area contributed by atoms with Crippen LogP contribution in [-0.2, 0) is 14.3 Å². The van der Waals surface area contributed by atoms with Gasteiger partial charge in [-0.05, 0) is 39.0 Å². The van der Waals surface area contributed by atoms with Crippen molar-refractivity contribution in [3.63, 3.8) is 0 Å². The van der Waals surface area contributed by atoms with Crippen molar-refractivity contribution in [2.24, 2.45) is 10.8 Å². The molecule has 0 aromatic rings. The molecule has 3 saturated carbocycles. The average molecular weight is 323 g/mol. The molecule has 2 atom stereocenters. The first-order valence-electron chi connectivity index (χ1n) is 9.17. The molecule has 130 valence electrons. The van der Waals surface area contributed by atoms with Crippen LogP contribution in [0.15, 0.2) is 0 Å². The molecular formula is C18H29NO4. The molecule has 2 N–H and O–H groups in total. The summed E-state index contributed by atoms with van der Waals surface area (Å²) in [5, 5.41) is 12.6. The summed E-state index contributed by atoms with van der Waals surface area (Å²) in [5.41, 5.74) is -0.702. The summed E-state index contributed by atoms with van der Waals surface area (Å²) >= 11 is 0. The summed E-state index contributed by atoms with van der Waals surface area (Å²) in [6.45, 7) is 2.74. The summed E-state index contributed by atoms with van der Waals surface area (Å²) in [5.74, 6) is -0.899. The van der Waals surface area contributed by atoms with Crippen LogP contribution in [0.3, 0.4) is 0 Å². The highest BCUT2D eigenvalue weighted by atomic mass is 16.5. The first kappa shape index (κ1) is 16.7. The van der Waals surface area contributed by atoms with E-state index < -0.39 is 11.4 Å². The number of carboxylic acid groups (broad SMARTS) is 1. The van der Waals surface area contributed by atoms with E-state index in [-0.39, 0.29) is 29.9 Å². The minimum absolute atomic E-state index is 0.0861. The zero-order chi connectivity index (χ0) is 16.5. The number of carbonyl (C=O) groups excluding carboxylic acids is 1. The quantitative estimate of drug-likeness (QED) is 0.788. The van der Waals surface area contributed by atoms with Crippen LogP contribution >= 0.6 is 0 Å². The van der Waals surface area contributed by atoms with Crippen LogP contribution in [0.1, 0.15) is 71.1 Å². The van der Waals surface area contributed by atoms with Gasteiger partial charge in [-0.1, -0.05) is 25.7 Å². The fourth-order valence-corrected chi connectivity index (χ4v) is 4.89. The molecule has 0 radical (unpaired) electrons. The van der Waals surface area contributed by atoms with E-state index in [0.717, 1.165) is 32.3 Å². The molecule has 2 unspecified atom stereocenters. The van der Waals surface area contributed by atoms with Crippen LogP contribution in [0.4, 0.5) is 0 Å². The highest BCUT2D eigenvalue weighted by Gasteiger charge is 2.56. The Morgan fingerprint density at radius 1 is 1.13 bits per heavy atom. The molecule has 3 aliphatic rings. The minimum atomic E-state index is -0.813. The lowest BCUT2D eigenvalue weighted by atomic mass is 9.55. The Morgan fingerprint density at radius 2 is 1.83 bits per heavy atom. The van der Waals surface area contributed by atoms with Crippen LogP contribution in [0.5, 0.6) is 0 Å². The highest BCUT2D eigenvalue weighted by Crippen LogP contribution is 2.53. The normalized spacial score (nSPS) is 31.0. The molecular weight excluding hydrogens is 294 g/mol. The summed E-state index contributed by atoms with van der Waals surface area (Å²) in [4.78, 5) is 23.9. The van der Waals surface area contributed by atoms with E-state index in [9.17, 15) is 14.7 Å². The molecule has 3 fully saturated rings. The summed E-state index contributed by atoms with van der Waals surface area (Å²) in [6, 6.07) is 0.165. The van der Waals surface area contributed by atoms with Gasteiger partial charge in [0, 0.05) is 24.5 Å². The topological polar surface area (TPSA) is 75.6 Å². The molecule has 23 heavy (non-hydrogen) atoms. The van der Waals surface area contributed by atoms with Gasteiger partial charge in [0.05, 0.1) is 11.5 Å². The van der Waals surface area contributed by atoms with Gasteiger partial charge in [-0.25, -0.2) is 0 Å². The Kier molecular flexibility index (Phi) is 4.68. The molecule has 3 rings (SSSR count). The molecule has 0 bridgehead atoms. The van der Waals surface area contributed by atoms with Crippen molar-refractivity contribution in [2.75, 3.05) is 6.61 Å². The number of ether oxygens (including phenoxy) is 1. The lowest BCUT2D eigenvalue weighted by molar-refractivity contribution is -0.164. The maximum absolute atomic E-state index is 12.4. The SMILES string of the molecule is CCOC1CC(NC(=O)CC2(C(=O)O)CCC2)C12CCCCC2. The fraction of sp³-hybridized carbons (Fsp3) is 0.889. The second-order valence-corrected chi connectivity index (χ2v) is 7.71. The summed E-state index contributed by atoms with van der Waals surface area (Å²) < 4.78 is 5.91. The monoisotopic (exact) mass is 323 g/mol. The third-order valence-electron chi connectivity index (χ3n) is 6.54. The van der Waals surface area contributed by atoms with Crippen molar-refractivity contribution < 1.29 is 19.4 Å². The third-order valence-corrected chi connectivity index (χ3v) is 6.54. The molecule has 0 aromatic carbocycles. The first-order valence-corrected chi connectivity index (χ1v) is 9.17. The molecule has 0 saturated heterocycles. The fourth-order valence-electron chi connectivity index (χ4n) is 4.89. The Labute approximate surface area is 138 Å². The Hall–Kier alpha value is -1.10. The van der Waals surface area contributed by atoms with Crippen LogP contribution in [0, 0.1) is 10.8 Å². The van der Waals surface area contributed by atoms with E-state index in [1.807, 2.05) is 6.92 Å². The van der Waals surface area contributed by atoms with E-state index in [0.29, 0.717) is 12.8 Å². The predicted octanol–water partition coefficient (Wildman–Crippen LogP) is 2.88. The van der Waals surface area contributed by atoms with Crippen molar-refractivity contribution >= 4 is 11.9 Å². The summed E-state index contributed by atoms with van der Waals surface area (Å²) in [7, 11) is 0. The van der Waals surface area contributed by atoms with Crippen LogP contribution in [-0.4, -0.2) is 35.7 Å². The molecule has 5 nitrogen and oxygen atoms in total. The van der Waals surface area contributed by atoms with E-state index in [2.05, 4.69) is 5.32 Å². The number of hydrogen-bond donors (Lipinski definition) is 2. The van der Waals surface area contributed by atoms with Crippen molar-refractivity contribution in [1.29, 1.82) is 0 Å². The zero-order valence-electron chi connectivity index (χ0n) is 14.1. The molecule has 0 heterocycles. The molecule has 1 spiro atoms. The number of hydrogen-bond acceptors (Lipinski definition) is 3. The number of aliphatic carboxylic acids is 1. The van der Waals surface area contributed by atoms with Gasteiger partial charge in [0.2, 0.25) is 5.91 Å². The standard InChI is InChI=1S/C18H29NO4/c1-2-23-14-11-13(18(14)9-4-3-5-10-18)19-15(20)12-17(16(21)22)7-6-8-17/h13-14H,2-12H2,1H3,(H,19,20)(H,21,22). The van der Waals surface area contributed by atoms with Gasteiger partial charge in [-0.3, -0.25) is 9.59 Å². The lowest BCUT2D eigenvalue weighted by Gasteiger charge is -2.57. The zero-order valence-corrected chi connectivity index (χ0v) is 14.1. The number of rotatable bonds is 6. The summed E-state index contributed by atoms with van der Waals surface area (Å²) in [6.07, 6.45) is 9.36. The maximum Gasteiger partial charge on any atom is 0.310 e. The Balaban J connectivity index is 1.60. The van der Waals surface area contributed by atoms with E-state index in [4.69, 9.17) is 4.74 Å².